The monoisotopic (exact) mass is 296 g/mol. The Kier molecular flexibility index (Phi) is 4.27. The van der Waals surface area contributed by atoms with E-state index in [0.717, 1.165) is 5.56 Å². The maximum atomic E-state index is 11.7. The standard InChI is InChI=1S/C12H13BrN2O2/c1-8-4-5-9(6-10(8)14-3)15-11(16)12(2,17)7-13/h4-6,17H,7H2,1-2H3,(H,15,16)/t12-/m0/s1. The number of carbonyl (C=O) groups excluding carboxylic acids is 1. The second kappa shape index (κ2) is 5.30. The molecule has 5 heteroatoms. The van der Waals surface area contributed by atoms with Crippen LogP contribution in [0, 0.1) is 13.5 Å². The maximum absolute atomic E-state index is 11.7. The fourth-order valence-corrected chi connectivity index (χ4v) is 1.39. The number of rotatable bonds is 3. The summed E-state index contributed by atoms with van der Waals surface area (Å²) < 4.78 is 0. The number of halogens is 1. The Hall–Kier alpha value is -1.38. The first-order valence-corrected chi connectivity index (χ1v) is 6.11. The minimum atomic E-state index is -1.47. The quantitative estimate of drug-likeness (QED) is 0.665. The van der Waals surface area contributed by atoms with Crippen molar-refractivity contribution in [2.45, 2.75) is 19.4 Å². The molecule has 1 aromatic rings. The van der Waals surface area contributed by atoms with Gasteiger partial charge in [0.05, 0.1) is 6.57 Å². The first-order chi connectivity index (χ1) is 7.90. The van der Waals surface area contributed by atoms with Gasteiger partial charge < -0.3 is 10.4 Å². The van der Waals surface area contributed by atoms with E-state index < -0.39 is 11.5 Å². The lowest BCUT2D eigenvalue weighted by Gasteiger charge is -2.19. The first kappa shape index (κ1) is 13.7. The number of anilines is 1. The zero-order valence-corrected chi connectivity index (χ0v) is 11.2. The molecule has 90 valence electrons. The third kappa shape index (κ3) is 3.29. The van der Waals surface area contributed by atoms with Crippen molar-refractivity contribution in [3.05, 3.63) is 35.2 Å². The second-order valence-electron chi connectivity index (χ2n) is 3.97. The van der Waals surface area contributed by atoms with E-state index in [1.54, 1.807) is 18.2 Å². The molecule has 0 unspecified atom stereocenters. The Morgan fingerprint density at radius 3 is 2.82 bits per heavy atom. The number of nitrogens with zero attached hydrogens (tertiary/aromatic N) is 1. The molecule has 0 aliphatic heterocycles. The molecule has 2 N–H and O–H groups in total. The van der Waals surface area contributed by atoms with Crippen LogP contribution < -0.4 is 5.32 Å². The SMILES string of the molecule is [C-]#[N+]c1cc(NC(=O)[C@@](C)(O)CBr)ccc1C. The summed E-state index contributed by atoms with van der Waals surface area (Å²) in [6.45, 7) is 10.2. The second-order valence-corrected chi connectivity index (χ2v) is 4.54. The largest absolute Gasteiger partial charge is 0.379 e. The lowest BCUT2D eigenvalue weighted by Crippen LogP contribution is -2.41. The van der Waals surface area contributed by atoms with E-state index in [1.807, 2.05) is 6.92 Å². The topological polar surface area (TPSA) is 53.7 Å². The van der Waals surface area contributed by atoms with Gasteiger partial charge in [-0.2, -0.15) is 0 Å². The molecule has 1 aromatic carbocycles. The highest BCUT2D eigenvalue weighted by Crippen LogP contribution is 2.23. The van der Waals surface area contributed by atoms with Gasteiger partial charge >= 0.3 is 0 Å². The van der Waals surface area contributed by atoms with Crippen LogP contribution in [0.15, 0.2) is 18.2 Å². The van der Waals surface area contributed by atoms with E-state index in [1.165, 1.54) is 6.92 Å². The fraction of sp³-hybridized carbons (Fsp3) is 0.333. The van der Waals surface area contributed by atoms with Crippen LogP contribution in [0.1, 0.15) is 12.5 Å². The molecule has 0 spiro atoms. The van der Waals surface area contributed by atoms with Gasteiger partial charge in [-0.05, 0) is 31.5 Å². The minimum absolute atomic E-state index is 0.146. The molecule has 0 fully saturated rings. The van der Waals surface area contributed by atoms with Crippen LogP contribution >= 0.6 is 15.9 Å². The van der Waals surface area contributed by atoms with Crippen molar-refractivity contribution in [2.75, 3.05) is 10.6 Å². The van der Waals surface area contributed by atoms with E-state index in [0.29, 0.717) is 11.4 Å². The molecular formula is C12H13BrN2O2. The summed E-state index contributed by atoms with van der Waals surface area (Å²) in [5.74, 6) is -0.505. The number of amides is 1. The van der Waals surface area contributed by atoms with Crippen molar-refractivity contribution >= 4 is 33.2 Å². The maximum Gasteiger partial charge on any atom is 0.256 e. The van der Waals surface area contributed by atoms with Crippen molar-refractivity contribution in [2.24, 2.45) is 0 Å². The van der Waals surface area contributed by atoms with Crippen LogP contribution in [0.4, 0.5) is 11.4 Å². The average Bonchev–Trinajstić information content (AvgIpc) is 2.31. The minimum Gasteiger partial charge on any atom is -0.379 e. The van der Waals surface area contributed by atoms with Crippen LogP contribution in [0.5, 0.6) is 0 Å². The number of hydrogen-bond acceptors (Lipinski definition) is 2. The van der Waals surface area contributed by atoms with Gasteiger partial charge in [-0.3, -0.25) is 4.79 Å². The third-order valence-corrected chi connectivity index (χ3v) is 3.43. The van der Waals surface area contributed by atoms with Crippen molar-refractivity contribution in [1.29, 1.82) is 0 Å². The molecule has 1 rings (SSSR count). The molecule has 0 saturated heterocycles. The summed E-state index contributed by atoms with van der Waals surface area (Å²) >= 11 is 3.07. The summed E-state index contributed by atoms with van der Waals surface area (Å²) in [6, 6.07) is 5.04. The van der Waals surface area contributed by atoms with E-state index in [-0.39, 0.29) is 5.33 Å². The van der Waals surface area contributed by atoms with Gasteiger partial charge in [0.25, 0.3) is 5.91 Å². The summed E-state index contributed by atoms with van der Waals surface area (Å²) in [6.07, 6.45) is 0. The van der Waals surface area contributed by atoms with Crippen LogP contribution in [-0.4, -0.2) is 21.9 Å². The van der Waals surface area contributed by atoms with E-state index in [9.17, 15) is 9.90 Å². The van der Waals surface area contributed by atoms with Crippen molar-refractivity contribution < 1.29 is 9.90 Å². The van der Waals surface area contributed by atoms with Crippen LogP contribution in [-0.2, 0) is 4.79 Å². The van der Waals surface area contributed by atoms with Crippen LogP contribution in [0.3, 0.4) is 0 Å². The molecule has 0 radical (unpaired) electrons. The zero-order chi connectivity index (χ0) is 13.1. The summed E-state index contributed by atoms with van der Waals surface area (Å²) in [7, 11) is 0. The molecule has 0 heterocycles. The number of carbonyl (C=O) groups is 1. The average molecular weight is 297 g/mol. The number of alkyl halides is 1. The van der Waals surface area contributed by atoms with Gasteiger partial charge in [-0.15, -0.1) is 0 Å². The van der Waals surface area contributed by atoms with Gasteiger partial charge in [0, 0.05) is 11.0 Å². The van der Waals surface area contributed by atoms with Gasteiger partial charge in [0.15, 0.2) is 5.69 Å². The zero-order valence-electron chi connectivity index (χ0n) is 9.62. The fourth-order valence-electron chi connectivity index (χ4n) is 1.13. The van der Waals surface area contributed by atoms with Gasteiger partial charge in [-0.1, -0.05) is 22.0 Å². The summed E-state index contributed by atoms with van der Waals surface area (Å²) in [4.78, 5) is 15.0. The highest BCUT2D eigenvalue weighted by molar-refractivity contribution is 9.09. The number of benzene rings is 1. The number of nitrogens with one attached hydrogen (secondary N) is 1. The number of hydrogen-bond donors (Lipinski definition) is 2. The molecule has 4 nitrogen and oxygen atoms in total. The Labute approximate surface area is 109 Å². The predicted molar refractivity (Wildman–Crippen MR) is 70.5 cm³/mol. The molecule has 0 aliphatic carbocycles. The highest BCUT2D eigenvalue weighted by atomic mass is 79.9. The van der Waals surface area contributed by atoms with Crippen LogP contribution in [0.25, 0.3) is 4.85 Å². The predicted octanol–water partition coefficient (Wildman–Crippen LogP) is 2.63. The Morgan fingerprint density at radius 2 is 2.29 bits per heavy atom. The normalized spacial score (nSPS) is 13.6. The molecule has 17 heavy (non-hydrogen) atoms. The summed E-state index contributed by atoms with van der Waals surface area (Å²) in [5, 5.41) is 12.4. The van der Waals surface area contributed by atoms with Crippen molar-refractivity contribution in [3.8, 4) is 0 Å². The highest BCUT2D eigenvalue weighted by Gasteiger charge is 2.28. The molecule has 0 bridgehead atoms. The van der Waals surface area contributed by atoms with E-state index in [4.69, 9.17) is 6.57 Å². The number of aliphatic hydroxyl groups is 1. The molecule has 0 aromatic heterocycles. The Balaban J connectivity index is 2.91. The molecule has 0 aliphatic rings. The molecule has 0 saturated carbocycles. The van der Waals surface area contributed by atoms with Crippen molar-refractivity contribution in [3.63, 3.8) is 0 Å². The smallest absolute Gasteiger partial charge is 0.256 e. The van der Waals surface area contributed by atoms with Gasteiger partial charge in [0.2, 0.25) is 0 Å². The van der Waals surface area contributed by atoms with Crippen molar-refractivity contribution in [1.82, 2.24) is 0 Å². The first-order valence-electron chi connectivity index (χ1n) is 4.98. The third-order valence-electron chi connectivity index (χ3n) is 2.34. The van der Waals surface area contributed by atoms with Gasteiger partial charge in [-0.25, -0.2) is 4.85 Å². The van der Waals surface area contributed by atoms with E-state index >= 15 is 0 Å². The lowest BCUT2D eigenvalue weighted by atomic mass is 10.1. The lowest BCUT2D eigenvalue weighted by molar-refractivity contribution is -0.130. The van der Waals surface area contributed by atoms with Crippen LogP contribution in [0.2, 0.25) is 0 Å². The molecular weight excluding hydrogens is 284 g/mol. The Bertz CT molecular complexity index is 478. The molecule has 1 amide bonds. The summed E-state index contributed by atoms with van der Waals surface area (Å²) in [5.41, 5.74) is 0.378. The van der Waals surface area contributed by atoms with Gasteiger partial charge in [0.1, 0.15) is 5.60 Å². The van der Waals surface area contributed by atoms with E-state index in [2.05, 4.69) is 26.1 Å². The number of aryl methyl sites for hydroxylation is 1. The Morgan fingerprint density at radius 1 is 1.65 bits per heavy atom. The molecule has 1 atom stereocenters.